The Bertz CT molecular complexity index is 548. The summed E-state index contributed by atoms with van der Waals surface area (Å²) in [5.74, 6) is -0.360. The van der Waals surface area contributed by atoms with Crippen LogP contribution in [-0.2, 0) is 14.3 Å². The minimum Gasteiger partial charge on any atom is -0.468 e. The second-order valence-electron chi connectivity index (χ2n) is 5.16. The monoisotopic (exact) mass is 402 g/mol. The number of anilines is 1. The summed E-state index contributed by atoms with van der Waals surface area (Å²) in [5, 5.41) is 2.91. The van der Waals surface area contributed by atoms with Gasteiger partial charge in [-0.25, -0.2) is 0 Å². The third-order valence-corrected chi connectivity index (χ3v) is 4.32. The number of halogens is 1. The first kappa shape index (κ1) is 16.2. The average Bonchev–Trinajstić information content (AvgIpc) is 2.89. The zero-order chi connectivity index (χ0) is 15.4. The molecule has 2 rings (SSSR count). The Balaban J connectivity index is 1.96. The molecule has 0 aromatic heterocycles. The normalized spacial score (nSPS) is 18.5. The Kier molecular flexibility index (Phi) is 5.58. The molecule has 1 aromatic carbocycles. The number of ether oxygens (including phenoxy) is 1. The van der Waals surface area contributed by atoms with Gasteiger partial charge in [-0.2, -0.15) is 0 Å². The maximum absolute atomic E-state index is 12.2. The van der Waals surface area contributed by atoms with Gasteiger partial charge in [0.1, 0.15) is 6.04 Å². The van der Waals surface area contributed by atoms with E-state index in [9.17, 15) is 9.59 Å². The molecule has 1 unspecified atom stereocenters. The molecule has 1 amide bonds. The van der Waals surface area contributed by atoms with Crippen LogP contribution in [0.4, 0.5) is 5.69 Å². The summed E-state index contributed by atoms with van der Waals surface area (Å²) in [4.78, 5) is 25.7. The first-order chi connectivity index (χ1) is 10.0. The number of methoxy groups -OCH3 is 1. The number of nitrogens with one attached hydrogen (secondary N) is 1. The van der Waals surface area contributed by atoms with Crippen molar-refractivity contribution in [3.63, 3.8) is 0 Å². The van der Waals surface area contributed by atoms with Crippen molar-refractivity contribution in [2.24, 2.45) is 0 Å². The van der Waals surface area contributed by atoms with Gasteiger partial charge in [0.25, 0.3) is 0 Å². The highest BCUT2D eigenvalue weighted by Gasteiger charge is 2.32. The van der Waals surface area contributed by atoms with Crippen LogP contribution in [0.25, 0.3) is 0 Å². The van der Waals surface area contributed by atoms with Crippen molar-refractivity contribution in [2.45, 2.75) is 25.8 Å². The molecule has 0 radical (unpaired) electrons. The van der Waals surface area contributed by atoms with Crippen LogP contribution < -0.4 is 5.32 Å². The number of carbonyl (C=O) groups is 2. The van der Waals surface area contributed by atoms with Crippen molar-refractivity contribution in [3.05, 3.63) is 27.3 Å². The highest BCUT2D eigenvalue weighted by molar-refractivity contribution is 14.1. The van der Waals surface area contributed by atoms with Gasteiger partial charge in [-0.05, 0) is 72.7 Å². The summed E-state index contributed by atoms with van der Waals surface area (Å²) in [6.45, 7) is 2.93. The van der Waals surface area contributed by atoms with Crippen LogP contribution >= 0.6 is 22.6 Å². The van der Waals surface area contributed by atoms with Crippen LogP contribution in [0.2, 0.25) is 0 Å². The van der Waals surface area contributed by atoms with Gasteiger partial charge in [0.05, 0.1) is 13.7 Å². The van der Waals surface area contributed by atoms with E-state index < -0.39 is 0 Å². The molecule has 0 bridgehead atoms. The Morgan fingerprint density at radius 1 is 1.48 bits per heavy atom. The summed E-state index contributed by atoms with van der Waals surface area (Å²) in [7, 11) is 1.38. The summed E-state index contributed by atoms with van der Waals surface area (Å²) in [6.07, 6.45) is 1.66. The zero-order valence-corrected chi connectivity index (χ0v) is 14.3. The zero-order valence-electron chi connectivity index (χ0n) is 12.2. The van der Waals surface area contributed by atoms with Gasteiger partial charge in [0, 0.05) is 9.26 Å². The lowest BCUT2D eigenvalue weighted by Crippen LogP contribution is -2.41. The van der Waals surface area contributed by atoms with Crippen molar-refractivity contribution in [3.8, 4) is 0 Å². The number of rotatable bonds is 4. The Morgan fingerprint density at radius 2 is 2.24 bits per heavy atom. The van der Waals surface area contributed by atoms with E-state index in [1.165, 1.54) is 7.11 Å². The van der Waals surface area contributed by atoms with E-state index in [0.717, 1.165) is 34.2 Å². The van der Waals surface area contributed by atoms with Crippen molar-refractivity contribution in [1.29, 1.82) is 0 Å². The highest BCUT2D eigenvalue weighted by Crippen LogP contribution is 2.20. The second kappa shape index (κ2) is 7.22. The molecule has 1 heterocycles. The van der Waals surface area contributed by atoms with Crippen molar-refractivity contribution < 1.29 is 14.3 Å². The SMILES string of the molecule is COC(=O)C1CCCN1CC(=O)Nc1ccc(I)cc1C. The minimum absolute atomic E-state index is 0.102. The number of amides is 1. The van der Waals surface area contributed by atoms with Crippen molar-refractivity contribution >= 4 is 40.2 Å². The van der Waals surface area contributed by atoms with Crippen LogP contribution in [0.5, 0.6) is 0 Å². The maximum Gasteiger partial charge on any atom is 0.323 e. The van der Waals surface area contributed by atoms with Gasteiger partial charge in [0.15, 0.2) is 0 Å². The van der Waals surface area contributed by atoms with E-state index in [1.807, 2.05) is 30.0 Å². The lowest BCUT2D eigenvalue weighted by molar-refractivity contribution is -0.146. The number of hydrogen-bond donors (Lipinski definition) is 1. The highest BCUT2D eigenvalue weighted by atomic mass is 127. The average molecular weight is 402 g/mol. The number of aryl methyl sites for hydroxylation is 1. The number of carbonyl (C=O) groups excluding carboxylic acids is 2. The molecular weight excluding hydrogens is 383 g/mol. The minimum atomic E-state index is -0.293. The van der Waals surface area contributed by atoms with Crippen LogP contribution in [-0.4, -0.2) is 43.0 Å². The molecule has 5 nitrogen and oxygen atoms in total. The first-order valence-electron chi connectivity index (χ1n) is 6.89. The molecule has 1 aliphatic heterocycles. The number of hydrogen-bond acceptors (Lipinski definition) is 4. The molecule has 114 valence electrons. The summed E-state index contributed by atoms with van der Waals surface area (Å²) < 4.78 is 5.92. The summed E-state index contributed by atoms with van der Waals surface area (Å²) >= 11 is 2.24. The topological polar surface area (TPSA) is 58.6 Å². The fourth-order valence-electron chi connectivity index (χ4n) is 2.56. The van der Waals surface area contributed by atoms with E-state index in [0.29, 0.717) is 0 Å². The Morgan fingerprint density at radius 3 is 2.90 bits per heavy atom. The maximum atomic E-state index is 12.2. The molecule has 6 heteroatoms. The van der Waals surface area contributed by atoms with Gasteiger partial charge in [-0.1, -0.05) is 0 Å². The largest absolute Gasteiger partial charge is 0.468 e. The number of nitrogens with zero attached hydrogens (tertiary/aromatic N) is 1. The Hall–Kier alpha value is -1.15. The molecule has 1 aromatic rings. The van der Waals surface area contributed by atoms with Crippen molar-refractivity contribution in [1.82, 2.24) is 4.90 Å². The van der Waals surface area contributed by atoms with E-state index >= 15 is 0 Å². The predicted molar refractivity (Wildman–Crippen MR) is 89.1 cm³/mol. The van der Waals surface area contributed by atoms with Gasteiger partial charge >= 0.3 is 5.97 Å². The van der Waals surface area contributed by atoms with Gasteiger partial charge in [-0.15, -0.1) is 0 Å². The van der Waals surface area contributed by atoms with Gasteiger partial charge in [0.2, 0.25) is 5.91 Å². The molecule has 21 heavy (non-hydrogen) atoms. The molecular formula is C15H19IN2O3. The predicted octanol–water partition coefficient (Wildman–Crippen LogP) is 2.18. The quantitative estimate of drug-likeness (QED) is 0.620. The lowest BCUT2D eigenvalue weighted by Gasteiger charge is -2.21. The lowest BCUT2D eigenvalue weighted by atomic mass is 10.2. The van der Waals surface area contributed by atoms with E-state index in [-0.39, 0.29) is 24.5 Å². The molecule has 1 atom stereocenters. The molecule has 0 aliphatic carbocycles. The van der Waals surface area contributed by atoms with Gasteiger partial charge < -0.3 is 10.1 Å². The molecule has 1 aliphatic rings. The fraction of sp³-hybridized carbons (Fsp3) is 0.467. The molecule has 0 saturated carbocycles. The van der Waals surface area contributed by atoms with E-state index in [2.05, 4.69) is 27.9 Å². The number of benzene rings is 1. The Labute approximate surface area is 138 Å². The van der Waals surface area contributed by atoms with E-state index in [1.54, 1.807) is 0 Å². The van der Waals surface area contributed by atoms with E-state index in [4.69, 9.17) is 4.74 Å². The molecule has 1 N–H and O–H groups in total. The summed E-state index contributed by atoms with van der Waals surface area (Å²) in [6, 6.07) is 5.58. The van der Waals surface area contributed by atoms with Gasteiger partial charge in [-0.3, -0.25) is 14.5 Å². The molecule has 1 fully saturated rings. The number of esters is 1. The summed E-state index contributed by atoms with van der Waals surface area (Å²) in [5.41, 5.74) is 1.84. The third kappa shape index (κ3) is 4.16. The smallest absolute Gasteiger partial charge is 0.323 e. The molecule has 1 saturated heterocycles. The standard InChI is InChI=1S/C15H19IN2O3/c1-10-8-11(16)5-6-12(10)17-14(19)9-18-7-3-4-13(18)15(20)21-2/h5-6,8,13H,3-4,7,9H2,1-2H3,(H,17,19). The van der Waals surface area contributed by atoms with Crippen LogP contribution in [0.1, 0.15) is 18.4 Å². The van der Waals surface area contributed by atoms with Crippen LogP contribution in [0.15, 0.2) is 18.2 Å². The number of likely N-dealkylation sites (tertiary alicyclic amines) is 1. The van der Waals surface area contributed by atoms with Crippen LogP contribution in [0.3, 0.4) is 0 Å². The second-order valence-corrected chi connectivity index (χ2v) is 6.40. The third-order valence-electron chi connectivity index (χ3n) is 3.65. The first-order valence-corrected chi connectivity index (χ1v) is 7.97. The van der Waals surface area contributed by atoms with Crippen LogP contribution in [0, 0.1) is 10.5 Å². The molecule has 0 spiro atoms. The van der Waals surface area contributed by atoms with Crippen molar-refractivity contribution in [2.75, 3.05) is 25.5 Å². The fourth-order valence-corrected chi connectivity index (χ4v) is 3.21.